The Morgan fingerprint density at radius 2 is 1.74 bits per heavy atom. The van der Waals surface area contributed by atoms with Gasteiger partial charge in [-0.25, -0.2) is 4.79 Å². The molecule has 3 amide bonds. The molecule has 34 heavy (non-hydrogen) atoms. The van der Waals surface area contributed by atoms with Crippen molar-refractivity contribution in [3.63, 3.8) is 0 Å². The third kappa shape index (κ3) is 6.27. The molecule has 8 nitrogen and oxygen atoms in total. The minimum atomic E-state index is -0.857. The minimum absolute atomic E-state index is 0.148. The lowest BCUT2D eigenvalue weighted by atomic mass is 9.93. The predicted octanol–water partition coefficient (Wildman–Crippen LogP) is 2.76. The van der Waals surface area contributed by atoms with Crippen molar-refractivity contribution in [2.75, 3.05) is 46.4 Å². The Kier molecular flexibility index (Phi) is 7.70. The molecule has 0 aromatic heterocycles. The predicted molar refractivity (Wildman–Crippen MR) is 128 cm³/mol. The van der Waals surface area contributed by atoms with Gasteiger partial charge in [0.2, 0.25) is 5.91 Å². The van der Waals surface area contributed by atoms with E-state index >= 15 is 0 Å². The molecule has 182 valence electrons. The van der Waals surface area contributed by atoms with Crippen molar-refractivity contribution in [2.45, 2.75) is 31.4 Å². The fraction of sp³-hybridized carbons (Fsp3) is 0.462. The van der Waals surface area contributed by atoms with E-state index in [2.05, 4.69) is 4.90 Å². The summed E-state index contributed by atoms with van der Waals surface area (Å²) in [5.41, 5.74) is 0.293. The van der Waals surface area contributed by atoms with Gasteiger partial charge in [0.05, 0.1) is 6.61 Å². The smallest absolute Gasteiger partial charge is 0.326 e. The van der Waals surface area contributed by atoms with Crippen molar-refractivity contribution >= 4 is 11.9 Å². The number of β-amino-alcohol motifs (C(OH)–C–C–N with tert-alkyl or cyclic N) is 1. The fourth-order valence-electron chi connectivity index (χ4n) is 4.44. The summed E-state index contributed by atoms with van der Waals surface area (Å²) in [6.07, 6.45) is 2.24. The molecule has 4 rings (SSSR count). The number of likely N-dealkylation sites (N-methyl/N-ethyl adjacent to an activating group) is 1. The van der Waals surface area contributed by atoms with Crippen LogP contribution in [0.4, 0.5) is 4.79 Å². The Labute approximate surface area is 200 Å². The number of carbonyl (C=O) groups excluding carboxylic acids is 2. The first-order valence-electron chi connectivity index (χ1n) is 11.8. The molecule has 1 atom stereocenters. The second kappa shape index (κ2) is 10.9. The fourth-order valence-corrected chi connectivity index (χ4v) is 4.44. The van der Waals surface area contributed by atoms with Crippen LogP contribution in [-0.4, -0.2) is 83.8 Å². The third-order valence-electron chi connectivity index (χ3n) is 6.24. The van der Waals surface area contributed by atoms with Crippen molar-refractivity contribution in [2.24, 2.45) is 0 Å². The highest BCUT2D eigenvalue weighted by atomic mass is 16.5. The molecule has 8 heteroatoms. The zero-order valence-corrected chi connectivity index (χ0v) is 19.7. The quantitative estimate of drug-likeness (QED) is 0.427. The van der Waals surface area contributed by atoms with E-state index in [0.29, 0.717) is 26.1 Å². The summed E-state index contributed by atoms with van der Waals surface area (Å²) < 4.78 is 11.6. The van der Waals surface area contributed by atoms with E-state index in [4.69, 9.17) is 9.47 Å². The number of benzene rings is 2. The highest BCUT2D eigenvalue weighted by molar-refractivity contribution is 6.01. The molecule has 0 spiro atoms. The lowest BCUT2D eigenvalue weighted by Gasteiger charge is -2.39. The first-order chi connectivity index (χ1) is 16.4. The van der Waals surface area contributed by atoms with Crippen LogP contribution in [0.2, 0.25) is 0 Å². The van der Waals surface area contributed by atoms with E-state index in [1.54, 1.807) is 7.05 Å². The van der Waals surface area contributed by atoms with Crippen LogP contribution >= 0.6 is 0 Å². The van der Waals surface area contributed by atoms with E-state index in [1.807, 2.05) is 54.6 Å². The monoisotopic (exact) mass is 467 g/mol. The minimum Gasteiger partial charge on any atom is -0.494 e. The maximum Gasteiger partial charge on any atom is 0.326 e. The lowest BCUT2D eigenvalue weighted by Crippen LogP contribution is -2.51. The van der Waals surface area contributed by atoms with Crippen molar-refractivity contribution in [3.05, 3.63) is 60.2 Å². The molecule has 2 saturated heterocycles. The van der Waals surface area contributed by atoms with Crippen LogP contribution in [0.5, 0.6) is 11.5 Å². The number of nitrogens with zero attached hydrogens (tertiary/aromatic N) is 3. The number of aliphatic hydroxyl groups is 1. The van der Waals surface area contributed by atoms with Crippen LogP contribution in [0.1, 0.15) is 24.8 Å². The Hall–Kier alpha value is -3.10. The Bertz CT molecular complexity index is 968. The lowest BCUT2D eigenvalue weighted by molar-refractivity contribution is -0.125. The van der Waals surface area contributed by atoms with Gasteiger partial charge in [0.1, 0.15) is 30.3 Å². The molecule has 2 aromatic carbocycles. The van der Waals surface area contributed by atoms with Gasteiger partial charge < -0.3 is 19.5 Å². The number of likely N-dealkylation sites (tertiary alicyclic amines) is 1. The summed E-state index contributed by atoms with van der Waals surface area (Å²) in [4.78, 5) is 28.6. The molecular formula is C26H33N3O5. The van der Waals surface area contributed by atoms with E-state index in [1.165, 1.54) is 9.80 Å². The number of hydrogen-bond donors (Lipinski definition) is 1. The van der Waals surface area contributed by atoms with E-state index in [-0.39, 0.29) is 25.1 Å². The number of urea groups is 1. The molecule has 2 aliphatic rings. The first-order valence-corrected chi connectivity index (χ1v) is 11.8. The van der Waals surface area contributed by atoms with E-state index in [0.717, 1.165) is 43.0 Å². The van der Waals surface area contributed by atoms with Gasteiger partial charge in [0.25, 0.3) is 0 Å². The second-order valence-electron chi connectivity index (χ2n) is 9.17. The summed E-state index contributed by atoms with van der Waals surface area (Å²) in [6.45, 7) is 3.49. The zero-order chi connectivity index (χ0) is 24.0. The summed E-state index contributed by atoms with van der Waals surface area (Å²) in [5.74, 6) is 1.37. The molecule has 0 bridgehead atoms. The molecule has 2 aliphatic heterocycles. The molecule has 0 radical (unpaired) electrons. The topological polar surface area (TPSA) is 82.6 Å². The second-order valence-corrected chi connectivity index (χ2v) is 9.17. The molecule has 0 aliphatic carbocycles. The highest BCUT2D eigenvalue weighted by Gasteiger charge is 2.34. The number of imide groups is 1. The molecule has 2 heterocycles. The van der Waals surface area contributed by atoms with Gasteiger partial charge in [-0.15, -0.1) is 0 Å². The number of hydrogen-bond acceptors (Lipinski definition) is 6. The SMILES string of the molecule is CN1CC(=O)N(CCCOc2ccc(CN3CCCC(O)(COc4ccccc4)C3)cc2)C1=O. The third-order valence-corrected chi connectivity index (χ3v) is 6.24. The summed E-state index contributed by atoms with van der Waals surface area (Å²) >= 11 is 0. The van der Waals surface area contributed by atoms with Crippen molar-refractivity contribution in [1.82, 2.24) is 14.7 Å². The number of carbonyl (C=O) groups is 2. The molecule has 0 saturated carbocycles. The number of rotatable bonds is 10. The van der Waals surface area contributed by atoms with Crippen LogP contribution in [0.15, 0.2) is 54.6 Å². The zero-order valence-electron chi connectivity index (χ0n) is 19.7. The van der Waals surface area contributed by atoms with Crippen molar-refractivity contribution in [3.8, 4) is 11.5 Å². The number of amides is 3. The van der Waals surface area contributed by atoms with Crippen LogP contribution < -0.4 is 9.47 Å². The van der Waals surface area contributed by atoms with Crippen LogP contribution in [0.25, 0.3) is 0 Å². The van der Waals surface area contributed by atoms with Crippen molar-refractivity contribution < 1.29 is 24.2 Å². The average molecular weight is 468 g/mol. The number of ether oxygens (including phenoxy) is 2. The van der Waals surface area contributed by atoms with Crippen molar-refractivity contribution in [1.29, 1.82) is 0 Å². The standard InChI is InChI=1S/C26H33N3O5/c1-27-18-24(30)29(25(27)31)15-6-16-33-23-11-9-21(10-12-23)17-28-14-5-13-26(32,19-28)20-34-22-7-3-2-4-8-22/h2-4,7-12,32H,5-6,13-20H2,1H3. The van der Waals surface area contributed by atoms with Gasteiger partial charge in [0.15, 0.2) is 0 Å². The highest BCUT2D eigenvalue weighted by Crippen LogP contribution is 2.25. The van der Waals surface area contributed by atoms with Gasteiger partial charge in [-0.2, -0.15) is 0 Å². The van der Waals surface area contributed by atoms with Gasteiger partial charge in [-0.1, -0.05) is 30.3 Å². The normalized spacial score (nSPS) is 21.2. The van der Waals surface area contributed by atoms with Gasteiger partial charge in [0, 0.05) is 26.7 Å². The molecule has 1 N–H and O–H groups in total. The maximum atomic E-state index is 11.9. The van der Waals surface area contributed by atoms with Crippen LogP contribution in [-0.2, 0) is 11.3 Å². The Morgan fingerprint density at radius 3 is 2.44 bits per heavy atom. The van der Waals surface area contributed by atoms with Crippen LogP contribution in [0, 0.1) is 0 Å². The van der Waals surface area contributed by atoms with Gasteiger partial charge >= 0.3 is 6.03 Å². The summed E-state index contributed by atoms with van der Waals surface area (Å²) in [7, 11) is 1.63. The van der Waals surface area contributed by atoms with E-state index < -0.39 is 5.60 Å². The molecular weight excluding hydrogens is 434 g/mol. The summed E-state index contributed by atoms with van der Waals surface area (Å²) in [5, 5.41) is 11.0. The molecule has 2 aromatic rings. The van der Waals surface area contributed by atoms with E-state index in [9.17, 15) is 14.7 Å². The van der Waals surface area contributed by atoms with Gasteiger partial charge in [-0.05, 0) is 55.6 Å². The number of para-hydroxylation sites is 1. The Morgan fingerprint density at radius 1 is 1.00 bits per heavy atom. The van der Waals surface area contributed by atoms with Crippen LogP contribution in [0.3, 0.4) is 0 Å². The Balaban J connectivity index is 1.20. The maximum absolute atomic E-state index is 11.9. The summed E-state index contributed by atoms with van der Waals surface area (Å²) in [6, 6.07) is 17.3. The average Bonchev–Trinajstić information content (AvgIpc) is 3.08. The molecule has 1 unspecified atom stereocenters. The first kappa shape index (κ1) is 24.0. The largest absolute Gasteiger partial charge is 0.494 e. The van der Waals surface area contributed by atoms with Gasteiger partial charge in [-0.3, -0.25) is 14.6 Å². The molecule has 2 fully saturated rings. The number of piperidine rings is 1.